The predicted molar refractivity (Wildman–Crippen MR) is 84.3 cm³/mol. The van der Waals surface area contributed by atoms with Crippen LogP contribution in [0.1, 0.15) is 20.8 Å². The zero-order chi connectivity index (χ0) is 17.2. The molecule has 8 nitrogen and oxygen atoms in total. The van der Waals surface area contributed by atoms with E-state index >= 15 is 0 Å². The van der Waals surface area contributed by atoms with Crippen molar-refractivity contribution in [2.75, 3.05) is 24.5 Å². The molecule has 1 heterocycles. The summed E-state index contributed by atoms with van der Waals surface area (Å²) in [5.74, 6) is 0. The summed E-state index contributed by atoms with van der Waals surface area (Å²) in [6.07, 6.45) is -1.35. The molecule has 23 heavy (non-hydrogen) atoms. The number of nitro benzene ring substituents is 1. The van der Waals surface area contributed by atoms with Gasteiger partial charge in [-0.2, -0.15) is 0 Å². The number of hydrogen-bond donors (Lipinski definition) is 1. The third-order valence-corrected chi connectivity index (χ3v) is 3.40. The van der Waals surface area contributed by atoms with E-state index in [1.807, 2.05) is 0 Å². The van der Waals surface area contributed by atoms with Crippen molar-refractivity contribution < 1.29 is 19.6 Å². The number of nitro groups is 1. The van der Waals surface area contributed by atoms with Gasteiger partial charge >= 0.3 is 6.09 Å². The van der Waals surface area contributed by atoms with Gasteiger partial charge in [0.1, 0.15) is 11.8 Å². The predicted octanol–water partition coefficient (Wildman–Crippen LogP) is 1.97. The summed E-state index contributed by atoms with van der Waals surface area (Å²) >= 11 is 0. The molecule has 0 aliphatic carbocycles. The average molecular weight is 323 g/mol. The molecule has 8 heteroatoms. The second-order valence-corrected chi connectivity index (χ2v) is 6.37. The maximum atomic E-state index is 12.0. The van der Waals surface area contributed by atoms with Crippen molar-refractivity contribution >= 4 is 17.5 Å². The zero-order valence-electron chi connectivity index (χ0n) is 13.4. The van der Waals surface area contributed by atoms with Gasteiger partial charge in [0.2, 0.25) is 0 Å². The van der Waals surface area contributed by atoms with Gasteiger partial charge in [0, 0.05) is 30.9 Å². The van der Waals surface area contributed by atoms with Gasteiger partial charge in [0.25, 0.3) is 5.69 Å². The summed E-state index contributed by atoms with van der Waals surface area (Å²) in [6, 6.07) is 5.96. The quantitative estimate of drug-likeness (QED) is 0.660. The Kier molecular flexibility index (Phi) is 4.74. The van der Waals surface area contributed by atoms with Crippen LogP contribution >= 0.6 is 0 Å². The van der Waals surface area contributed by atoms with Crippen molar-refractivity contribution in [3.05, 3.63) is 34.4 Å². The molecular weight excluding hydrogens is 302 g/mol. The number of anilines is 1. The summed E-state index contributed by atoms with van der Waals surface area (Å²) < 4.78 is 5.29. The van der Waals surface area contributed by atoms with Gasteiger partial charge in [-0.1, -0.05) is 0 Å². The van der Waals surface area contributed by atoms with E-state index in [9.17, 15) is 20.0 Å². The van der Waals surface area contributed by atoms with E-state index in [-0.39, 0.29) is 12.2 Å². The van der Waals surface area contributed by atoms with Crippen molar-refractivity contribution in [3.63, 3.8) is 0 Å². The Morgan fingerprint density at radius 1 is 1.30 bits per heavy atom. The van der Waals surface area contributed by atoms with E-state index in [1.54, 1.807) is 37.8 Å². The molecule has 0 aromatic heterocycles. The number of aliphatic hydroxyl groups is 1. The molecule has 2 rings (SSSR count). The molecule has 1 saturated heterocycles. The van der Waals surface area contributed by atoms with Crippen LogP contribution in [0.2, 0.25) is 0 Å². The molecule has 1 aliphatic rings. The highest BCUT2D eigenvalue weighted by Crippen LogP contribution is 2.23. The molecule has 0 radical (unpaired) electrons. The van der Waals surface area contributed by atoms with Gasteiger partial charge in [-0.25, -0.2) is 4.79 Å². The van der Waals surface area contributed by atoms with Crippen LogP contribution in [-0.2, 0) is 4.74 Å². The third kappa shape index (κ3) is 4.32. The fourth-order valence-corrected chi connectivity index (χ4v) is 2.32. The number of ether oxygens (including phenoxy) is 1. The van der Waals surface area contributed by atoms with Crippen LogP contribution < -0.4 is 4.90 Å². The normalized spacial score (nSPS) is 18.7. The number of rotatable bonds is 2. The van der Waals surface area contributed by atoms with E-state index in [2.05, 4.69) is 0 Å². The lowest BCUT2D eigenvalue weighted by atomic mass is 10.2. The number of benzene rings is 1. The van der Waals surface area contributed by atoms with Crippen LogP contribution in [0.25, 0.3) is 0 Å². The molecule has 126 valence electrons. The first kappa shape index (κ1) is 17.0. The largest absolute Gasteiger partial charge is 0.444 e. The Bertz CT molecular complexity index is 582. The fourth-order valence-electron chi connectivity index (χ4n) is 2.32. The minimum atomic E-state index is -0.891. The fraction of sp³-hybridized carbons (Fsp3) is 0.533. The third-order valence-electron chi connectivity index (χ3n) is 3.40. The zero-order valence-corrected chi connectivity index (χ0v) is 13.4. The summed E-state index contributed by atoms with van der Waals surface area (Å²) in [5.41, 5.74) is 0.0833. The molecule has 0 spiro atoms. The molecule has 1 aliphatic heterocycles. The molecule has 1 amide bonds. The molecule has 1 N–H and O–H groups in total. The minimum Gasteiger partial charge on any atom is -0.444 e. The summed E-state index contributed by atoms with van der Waals surface area (Å²) in [5, 5.41) is 20.9. The first-order valence-corrected chi connectivity index (χ1v) is 7.34. The number of non-ortho nitro benzene ring substituents is 1. The highest BCUT2D eigenvalue weighted by atomic mass is 16.6. The van der Waals surface area contributed by atoms with Crippen LogP contribution in [0.15, 0.2) is 24.3 Å². The lowest BCUT2D eigenvalue weighted by Crippen LogP contribution is -2.55. The Morgan fingerprint density at radius 2 is 1.91 bits per heavy atom. The number of β-amino-alcohol motifs (C(OH)–C–C–N with tert-alkyl or cyclic N) is 1. The van der Waals surface area contributed by atoms with Crippen LogP contribution in [0.5, 0.6) is 0 Å². The number of hydrogen-bond acceptors (Lipinski definition) is 6. The van der Waals surface area contributed by atoms with Gasteiger partial charge in [0.05, 0.1) is 11.5 Å². The van der Waals surface area contributed by atoms with Gasteiger partial charge in [-0.05, 0) is 32.9 Å². The molecule has 1 aromatic carbocycles. The standard InChI is InChI=1S/C15H21N3O5/c1-15(2,3)23-14(20)16-8-9-17(13(19)10-16)11-4-6-12(7-5-11)18(21)22/h4-7,13,19H,8-10H2,1-3H3. The Morgan fingerprint density at radius 3 is 2.39 bits per heavy atom. The molecule has 1 fully saturated rings. The molecule has 1 aromatic rings. The van der Waals surface area contributed by atoms with E-state index in [0.29, 0.717) is 18.8 Å². The Labute approximate surface area is 134 Å². The van der Waals surface area contributed by atoms with Crippen molar-refractivity contribution in [1.29, 1.82) is 0 Å². The summed E-state index contributed by atoms with van der Waals surface area (Å²) in [4.78, 5) is 25.4. The van der Waals surface area contributed by atoms with E-state index in [4.69, 9.17) is 4.74 Å². The lowest BCUT2D eigenvalue weighted by Gasteiger charge is -2.40. The number of amides is 1. The number of aliphatic hydroxyl groups excluding tert-OH is 1. The maximum absolute atomic E-state index is 12.0. The SMILES string of the molecule is CC(C)(C)OC(=O)N1CCN(c2ccc([N+](=O)[O-])cc2)C(O)C1. The number of nitrogens with zero attached hydrogens (tertiary/aromatic N) is 3. The molecule has 1 unspecified atom stereocenters. The molecular formula is C15H21N3O5. The van der Waals surface area contributed by atoms with Crippen molar-refractivity contribution in [2.45, 2.75) is 32.6 Å². The average Bonchev–Trinajstić information content (AvgIpc) is 2.45. The molecule has 0 saturated carbocycles. The van der Waals surface area contributed by atoms with Crippen LogP contribution in [0.4, 0.5) is 16.2 Å². The van der Waals surface area contributed by atoms with Crippen LogP contribution in [0.3, 0.4) is 0 Å². The summed E-state index contributed by atoms with van der Waals surface area (Å²) in [7, 11) is 0. The van der Waals surface area contributed by atoms with Crippen LogP contribution in [-0.4, -0.2) is 52.5 Å². The topological polar surface area (TPSA) is 96.2 Å². The monoisotopic (exact) mass is 323 g/mol. The maximum Gasteiger partial charge on any atom is 0.410 e. The molecule has 1 atom stereocenters. The number of piperazine rings is 1. The Balaban J connectivity index is 2.01. The van der Waals surface area contributed by atoms with Crippen molar-refractivity contribution in [1.82, 2.24) is 4.90 Å². The van der Waals surface area contributed by atoms with E-state index in [0.717, 1.165) is 0 Å². The molecule has 0 bridgehead atoms. The smallest absolute Gasteiger partial charge is 0.410 e. The van der Waals surface area contributed by atoms with Gasteiger partial charge in [-0.15, -0.1) is 0 Å². The van der Waals surface area contributed by atoms with E-state index < -0.39 is 22.8 Å². The second-order valence-electron chi connectivity index (χ2n) is 6.37. The van der Waals surface area contributed by atoms with Crippen molar-refractivity contribution in [3.8, 4) is 0 Å². The second kappa shape index (κ2) is 6.41. The van der Waals surface area contributed by atoms with Crippen molar-refractivity contribution in [2.24, 2.45) is 0 Å². The first-order valence-electron chi connectivity index (χ1n) is 7.34. The highest BCUT2D eigenvalue weighted by Gasteiger charge is 2.31. The van der Waals surface area contributed by atoms with Gasteiger partial charge < -0.3 is 19.6 Å². The lowest BCUT2D eigenvalue weighted by molar-refractivity contribution is -0.384. The minimum absolute atomic E-state index is 0.00405. The van der Waals surface area contributed by atoms with Gasteiger partial charge in [0.15, 0.2) is 0 Å². The first-order chi connectivity index (χ1) is 10.7. The van der Waals surface area contributed by atoms with E-state index in [1.165, 1.54) is 17.0 Å². The number of carbonyl (C=O) groups is 1. The number of carbonyl (C=O) groups excluding carboxylic acids is 1. The Hall–Kier alpha value is -2.35. The van der Waals surface area contributed by atoms with Gasteiger partial charge in [-0.3, -0.25) is 10.1 Å². The highest BCUT2D eigenvalue weighted by molar-refractivity contribution is 5.68. The summed E-state index contributed by atoms with van der Waals surface area (Å²) in [6.45, 7) is 6.30. The van der Waals surface area contributed by atoms with Crippen LogP contribution in [0, 0.1) is 10.1 Å².